The van der Waals surface area contributed by atoms with Gasteiger partial charge < -0.3 is 9.84 Å². The molecule has 0 bridgehead atoms. The van der Waals surface area contributed by atoms with Crippen LogP contribution in [0.3, 0.4) is 0 Å². The van der Waals surface area contributed by atoms with E-state index >= 15 is 0 Å². The summed E-state index contributed by atoms with van der Waals surface area (Å²) in [4.78, 5) is 0. The highest BCUT2D eigenvalue weighted by molar-refractivity contribution is 6.30. The van der Waals surface area contributed by atoms with E-state index in [1.54, 1.807) is 18.2 Å². The van der Waals surface area contributed by atoms with Crippen LogP contribution in [0.1, 0.15) is 31.2 Å². The smallest absolute Gasteiger partial charge is 0.391 e. The minimum Gasteiger partial charge on any atom is -0.496 e. The molecule has 1 saturated carbocycles. The van der Waals surface area contributed by atoms with E-state index in [0.29, 0.717) is 10.8 Å². The van der Waals surface area contributed by atoms with Crippen molar-refractivity contribution in [2.45, 2.75) is 43.9 Å². The summed E-state index contributed by atoms with van der Waals surface area (Å²) in [5.74, 6) is -0.718. The Hall–Kier alpha value is -0.940. The van der Waals surface area contributed by atoms with Crippen LogP contribution in [-0.2, 0) is 6.42 Å². The number of alkyl halides is 3. The van der Waals surface area contributed by atoms with E-state index < -0.39 is 17.7 Å². The molecule has 2 rings (SSSR count). The van der Waals surface area contributed by atoms with Gasteiger partial charge in [-0.3, -0.25) is 0 Å². The molecule has 6 heteroatoms. The predicted octanol–water partition coefficient (Wildman–Crippen LogP) is 4.37. The molecular weight excluding hydrogens is 305 g/mol. The monoisotopic (exact) mass is 322 g/mol. The zero-order chi connectivity index (χ0) is 15.7. The van der Waals surface area contributed by atoms with Gasteiger partial charge in [0.2, 0.25) is 0 Å². The largest absolute Gasteiger partial charge is 0.496 e. The van der Waals surface area contributed by atoms with Crippen molar-refractivity contribution in [3.63, 3.8) is 0 Å². The number of hydrogen-bond acceptors (Lipinski definition) is 2. The Morgan fingerprint density at radius 3 is 2.48 bits per heavy atom. The Morgan fingerprint density at radius 2 is 1.95 bits per heavy atom. The van der Waals surface area contributed by atoms with Gasteiger partial charge in [-0.15, -0.1) is 0 Å². The molecule has 0 heterocycles. The van der Waals surface area contributed by atoms with Crippen molar-refractivity contribution in [3.8, 4) is 5.75 Å². The Kier molecular flexibility index (Phi) is 4.73. The predicted molar refractivity (Wildman–Crippen MR) is 74.7 cm³/mol. The summed E-state index contributed by atoms with van der Waals surface area (Å²) in [7, 11) is 1.51. The van der Waals surface area contributed by atoms with Gasteiger partial charge in [0.25, 0.3) is 0 Å². The fourth-order valence-corrected chi connectivity index (χ4v) is 3.09. The first-order valence-electron chi connectivity index (χ1n) is 6.85. The molecule has 0 radical (unpaired) electrons. The minimum absolute atomic E-state index is 0.0388. The number of aliphatic hydroxyl groups is 1. The normalized spacial score (nSPS) is 26.7. The van der Waals surface area contributed by atoms with Crippen molar-refractivity contribution in [1.82, 2.24) is 0 Å². The maximum Gasteiger partial charge on any atom is 0.391 e. The average molecular weight is 323 g/mol. The van der Waals surface area contributed by atoms with Crippen LogP contribution in [0, 0.1) is 5.92 Å². The zero-order valence-electron chi connectivity index (χ0n) is 11.7. The van der Waals surface area contributed by atoms with Crippen LogP contribution in [0.2, 0.25) is 5.02 Å². The van der Waals surface area contributed by atoms with Gasteiger partial charge >= 0.3 is 6.18 Å². The summed E-state index contributed by atoms with van der Waals surface area (Å²) < 4.78 is 43.2. The first-order valence-corrected chi connectivity index (χ1v) is 7.23. The first kappa shape index (κ1) is 16.4. The van der Waals surface area contributed by atoms with E-state index in [9.17, 15) is 18.3 Å². The van der Waals surface area contributed by atoms with E-state index in [2.05, 4.69) is 0 Å². The highest BCUT2D eigenvalue weighted by atomic mass is 35.5. The fourth-order valence-electron chi connectivity index (χ4n) is 2.90. The van der Waals surface area contributed by atoms with Crippen LogP contribution in [0.25, 0.3) is 0 Å². The molecule has 0 aliphatic heterocycles. The van der Waals surface area contributed by atoms with Gasteiger partial charge in [-0.2, -0.15) is 13.2 Å². The second-order valence-electron chi connectivity index (χ2n) is 5.67. The molecule has 0 amide bonds. The fraction of sp³-hybridized carbons (Fsp3) is 0.600. The molecule has 1 aromatic carbocycles. The summed E-state index contributed by atoms with van der Waals surface area (Å²) in [6, 6.07) is 5.06. The molecule has 1 fully saturated rings. The lowest BCUT2D eigenvalue weighted by Crippen LogP contribution is -2.39. The van der Waals surface area contributed by atoms with Gasteiger partial charge in [0.1, 0.15) is 5.75 Å². The number of methoxy groups -OCH3 is 1. The zero-order valence-corrected chi connectivity index (χ0v) is 12.5. The summed E-state index contributed by atoms with van der Waals surface area (Å²) in [5.41, 5.74) is -0.405. The summed E-state index contributed by atoms with van der Waals surface area (Å²) in [6.07, 6.45) is -3.73. The SMILES string of the molecule is COc1ccc(Cl)cc1CC1(O)CCC(C(F)(F)F)CC1. The standard InChI is InChI=1S/C15H18ClF3O2/c1-21-13-3-2-12(16)8-10(13)9-14(20)6-4-11(5-7-14)15(17,18)19/h2-3,8,11,20H,4-7,9H2,1H3. The lowest BCUT2D eigenvalue weighted by atomic mass is 9.75. The van der Waals surface area contributed by atoms with E-state index in [4.69, 9.17) is 16.3 Å². The van der Waals surface area contributed by atoms with Gasteiger partial charge in [-0.05, 0) is 49.4 Å². The highest BCUT2D eigenvalue weighted by Crippen LogP contribution is 2.43. The maximum absolute atomic E-state index is 12.7. The summed E-state index contributed by atoms with van der Waals surface area (Å²) >= 11 is 5.93. The molecule has 1 aliphatic rings. The second-order valence-corrected chi connectivity index (χ2v) is 6.11. The summed E-state index contributed by atoms with van der Waals surface area (Å²) in [5, 5.41) is 11.1. The highest BCUT2D eigenvalue weighted by Gasteiger charge is 2.45. The number of benzene rings is 1. The van der Waals surface area contributed by atoms with Crippen LogP contribution >= 0.6 is 11.6 Å². The number of ether oxygens (including phenoxy) is 1. The molecule has 2 nitrogen and oxygen atoms in total. The quantitative estimate of drug-likeness (QED) is 0.895. The molecule has 118 valence electrons. The lowest BCUT2D eigenvalue weighted by molar-refractivity contribution is -0.192. The van der Waals surface area contributed by atoms with Crippen molar-refractivity contribution >= 4 is 11.6 Å². The van der Waals surface area contributed by atoms with Crippen molar-refractivity contribution in [2.24, 2.45) is 5.92 Å². The first-order chi connectivity index (χ1) is 9.73. The molecule has 0 unspecified atom stereocenters. The van der Waals surface area contributed by atoms with Gasteiger partial charge in [0.15, 0.2) is 0 Å². The second kappa shape index (κ2) is 6.05. The van der Waals surface area contributed by atoms with Crippen LogP contribution < -0.4 is 4.74 Å². The molecule has 1 aliphatic carbocycles. The third kappa shape index (κ3) is 4.04. The maximum atomic E-state index is 12.7. The molecule has 0 aromatic heterocycles. The number of halogens is 4. The third-order valence-corrected chi connectivity index (χ3v) is 4.38. The summed E-state index contributed by atoms with van der Waals surface area (Å²) in [6.45, 7) is 0. The lowest BCUT2D eigenvalue weighted by Gasteiger charge is -2.37. The van der Waals surface area contributed by atoms with E-state index in [-0.39, 0.29) is 32.1 Å². The van der Waals surface area contributed by atoms with E-state index in [1.807, 2.05) is 0 Å². The topological polar surface area (TPSA) is 29.5 Å². The average Bonchev–Trinajstić information content (AvgIpc) is 2.38. The van der Waals surface area contributed by atoms with Gasteiger partial charge in [0.05, 0.1) is 18.6 Å². The van der Waals surface area contributed by atoms with Crippen molar-refractivity contribution in [2.75, 3.05) is 7.11 Å². The molecule has 1 N–H and O–H groups in total. The number of rotatable bonds is 3. The van der Waals surface area contributed by atoms with Crippen molar-refractivity contribution < 1.29 is 23.0 Å². The Morgan fingerprint density at radius 1 is 1.33 bits per heavy atom. The van der Waals surface area contributed by atoms with Crippen LogP contribution in [0.5, 0.6) is 5.75 Å². The Bertz CT molecular complexity index is 494. The van der Waals surface area contributed by atoms with Crippen molar-refractivity contribution in [1.29, 1.82) is 0 Å². The number of hydrogen-bond donors (Lipinski definition) is 1. The molecule has 0 spiro atoms. The van der Waals surface area contributed by atoms with Crippen LogP contribution in [0.15, 0.2) is 18.2 Å². The van der Waals surface area contributed by atoms with Crippen molar-refractivity contribution in [3.05, 3.63) is 28.8 Å². The Labute approximate surface area is 126 Å². The van der Waals surface area contributed by atoms with Crippen LogP contribution in [0.4, 0.5) is 13.2 Å². The van der Waals surface area contributed by atoms with Crippen LogP contribution in [-0.4, -0.2) is 24.0 Å². The molecule has 0 atom stereocenters. The molecule has 0 saturated heterocycles. The van der Waals surface area contributed by atoms with Gasteiger partial charge in [-0.25, -0.2) is 0 Å². The molecular formula is C15H18ClF3O2. The minimum atomic E-state index is -4.17. The third-order valence-electron chi connectivity index (χ3n) is 4.14. The van der Waals surface area contributed by atoms with E-state index in [1.165, 1.54) is 7.11 Å². The van der Waals surface area contributed by atoms with Gasteiger partial charge in [-0.1, -0.05) is 11.6 Å². The molecule has 21 heavy (non-hydrogen) atoms. The molecule has 1 aromatic rings. The van der Waals surface area contributed by atoms with Gasteiger partial charge in [0, 0.05) is 11.4 Å². The Balaban J connectivity index is 2.08. The van der Waals surface area contributed by atoms with E-state index in [0.717, 1.165) is 5.56 Å².